The van der Waals surface area contributed by atoms with Crippen LogP contribution in [0.4, 0.5) is 0 Å². The average Bonchev–Trinajstić information content (AvgIpc) is 2.43. The van der Waals surface area contributed by atoms with Gasteiger partial charge >= 0.3 is 0 Å². The second-order valence-electron chi connectivity index (χ2n) is 5.04. The van der Waals surface area contributed by atoms with Crippen LogP contribution in [0.2, 0.25) is 0 Å². The molecule has 1 aliphatic rings. The van der Waals surface area contributed by atoms with Crippen molar-refractivity contribution in [3.8, 4) is 0 Å². The number of rotatable bonds is 5. The monoisotopic (exact) mass is 249 g/mol. The number of methoxy groups -OCH3 is 1. The third-order valence-electron chi connectivity index (χ3n) is 3.74. The van der Waals surface area contributed by atoms with Gasteiger partial charge in [0.2, 0.25) is 0 Å². The normalized spacial score (nSPS) is 18.8. The lowest BCUT2D eigenvalue weighted by atomic mass is 9.85. The van der Waals surface area contributed by atoms with Crippen LogP contribution in [-0.4, -0.2) is 23.6 Å². The van der Waals surface area contributed by atoms with E-state index in [1.54, 1.807) is 7.11 Å². The maximum absolute atomic E-state index is 5.63. The fourth-order valence-electron chi connectivity index (χ4n) is 2.75. The van der Waals surface area contributed by atoms with E-state index < -0.39 is 0 Å². The van der Waals surface area contributed by atoms with Crippen molar-refractivity contribution in [2.75, 3.05) is 13.7 Å². The SMILES string of the molecule is COC(c1ncc(CCN)cn1)C1CCCCC1. The minimum atomic E-state index is 0.0530. The van der Waals surface area contributed by atoms with Crippen LogP contribution in [0, 0.1) is 5.92 Å². The molecule has 1 fully saturated rings. The zero-order valence-electron chi connectivity index (χ0n) is 11.1. The number of aromatic nitrogens is 2. The molecule has 0 bridgehead atoms. The van der Waals surface area contributed by atoms with Gasteiger partial charge in [0.1, 0.15) is 6.10 Å². The van der Waals surface area contributed by atoms with Gasteiger partial charge in [-0.2, -0.15) is 0 Å². The first-order valence-electron chi connectivity index (χ1n) is 6.89. The summed E-state index contributed by atoms with van der Waals surface area (Å²) in [5.74, 6) is 1.40. The van der Waals surface area contributed by atoms with E-state index in [9.17, 15) is 0 Å². The molecule has 100 valence electrons. The maximum atomic E-state index is 5.63. The minimum absolute atomic E-state index is 0.0530. The van der Waals surface area contributed by atoms with Gasteiger partial charge in [0.25, 0.3) is 0 Å². The molecule has 1 aromatic rings. The van der Waals surface area contributed by atoms with Crippen LogP contribution in [0.1, 0.15) is 49.6 Å². The fraction of sp³-hybridized carbons (Fsp3) is 0.714. The number of hydrogen-bond acceptors (Lipinski definition) is 4. The molecule has 0 aliphatic heterocycles. The van der Waals surface area contributed by atoms with E-state index in [-0.39, 0.29) is 6.10 Å². The van der Waals surface area contributed by atoms with Crippen molar-refractivity contribution < 1.29 is 4.74 Å². The van der Waals surface area contributed by atoms with Gasteiger partial charge in [-0.1, -0.05) is 19.3 Å². The van der Waals surface area contributed by atoms with Crippen LogP contribution in [-0.2, 0) is 11.2 Å². The van der Waals surface area contributed by atoms with Gasteiger partial charge in [-0.15, -0.1) is 0 Å². The van der Waals surface area contributed by atoms with Crippen molar-refractivity contribution in [2.45, 2.75) is 44.6 Å². The Bertz CT molecular complexity index is 347. The zero-order chi connectivity index (χ0) is 12.8. The lowest BCUT2D eigenvalue weighted by Gasteiger charge is -2.28. The quantitative estimate of drug-likeness (QED) is 0.869. The van der Waals surface area contributed by atoms with E-state index in [1.165, 1.54) is 32.1 Å². The Hall–Kier alpha value is -1.00. The van der Waals surface area contributed by atoms with Gasteiger partial charge in [0.15, 0.2) is 5.82 Å². The van der Waals surface area contributed by atoms with Gasteiger partial charge in [-0.3, -0.25) is 0 Å². The van der Waals surface area contributed by atoms with Gasteiger partial charge in [0, 0.05) is 19.5 Å². The van der Waals surface area contributed by atoms with Crippen molar-refractivity contribution in [3.63, 3.8) is 0 Å². The summed E-state index contributed by atoms with van der Waals surface area (Å²) in [7, 11) is 1.76. The Morgan fingerprint density at radius 2 is 1.94 bits per heavy atom. The molecule has 4 nitrogen and oxygen atoms in total. The first kappa shape index (κ1) is 13.4. The summed E-state index contributed by atoms with van der Waals surface area (Å²) in [6.07, 6.45) is 11.1. The zero-order valence-corrected chi connectivity index (χ0v) is 11.1. The first-order valence-corrected chi connectivity index (χ1v) is 6.89. The summed E-state index contributed by atoms with van der Waals surface area (Å²) in [5, 5.41) is 0. The Morgan fingerprint density at radius 3 is 2.50 bits per heavy atom. The molecule has 4 heteroatoms. The standard InChI is InChI=1S/C14H23N3O/c1-18-13(12-5-3-2-4-6-12)14-16-9-11(7-8-15)10-17-14/h9-10,12-13H,2-8,15H2,1H3. The minimum Gasteiger partial charge on any atom is -0.373 e. The molecule has 2 rings (SSSR count). The van der Waals surface area contributed by atoms with Gasteiger partial charge < -0.3 is 10.5 Å². The van der Waals surface area contributed by atoms with Crippen LogP contribution in [0.5, 0.6) is 0 Å². The predicted molar refractivity (Wildman–Crippen MR) is 71.1 cm³/mol. The van der Waals surface area contributed by atoms with Gasteiger partial charge in [-0.05, 0) is 37.3 Å². The van der Waals surface area contributed by atoms with Crippen LogP contribution >= 0.6 is 0 Å². The summed E-state index contributed by atoms with van der Waals surface area (Å²) in [6.45, 7) is 0.638. The summed E-state index contributed by atoms with van der Waals surface area (Å²) in [6, 6.07) is 0. The van der Waals surface area contributed by atoms with E-state index in [0.29, 0.717) is 12.5 Å². The molecule has 1 aliphatic carbocycles. The van der Waals surface area contributed by atoms with Crippen molar-refractivity contribution in [1.29, 1.82) is 0 Å². The number of nitrogens with two attached hydrogens (primary N) is 1. The second-order valence-corrected chi connectivity index (χ2v) is 5.04. The summed E-state index contributed by atoms with van der Waals surface area (Å²) >= 11 is 0. The molecule has 18 heavy (non-hydrogen) atoms. The second kappa shape index (κ2) is 6.81. The third-order valence-corrected chi connectivity index (χ3v) is 3.74. The molecule has 0 saturated heterocycles. The molecule has 1 heterocycles. The maximum Gasteiger partial charge on any atom is 0.157 e. The van der Waals surface area contributed by atoms with Crippen LogP contribution < -0.4 is 5.73 Å². The molecule has 1 saturated carbocycles. The first-order chi connectivity index (χ1) is 8.85. The van der Waals surface area contributed by atoms with Crippen molar-refractivity contribution in [2.24, 2.45) is 11.7 Å². The highest BCUT2D eigenvalue weighted by Gasteiger charge is 2.26. The highest BCUT2D eigenvalue weighted by Crippen LogP contribution is 2.34. The fourth-order valence-corrected chi connectivity index (χ4v) is 2.75. The molecule has 0 aromatic carbocycles. The Balaban J connectivity index is 2.06. The summed E-state index contributed by atoms with van der Waals surface area (Å²) in [4.78, 5) is 8.90. The topological polar surface area (TPSA) is 61.0 Å². The Kier molecular flexibility index (Phi) is 5.08. The lowest BCUT2D eigenvalue weighted by Crippen LogP contribution is -2.20. The summed E-state index contributed by atoms with van der Waals surface area (Å²) in [5.41, 5.74) is 6.62. The Morgan fingerprint density at radius 1 is 1.28 bits per heavy atom. The molecule has 1 unspecified atom stereocenters. The van der Waals surface area contributed by atoms with E-state index in [0.717, 1.165) is 17.8 Å². The smallest absolute Gasteiger partial charge is 0.157 e. The number of hydrogen-bond donors (Lipinski definition) is 1. The lowest BCUT2D eigenvalue weighted by molar-refractivity contribution is 0.0289. The predicted octanol–water partition coefficient (Wildman–Crippen LogP) is 2.25. The number of nitrogens with zero attached hydrogens (tertiary/aromatic N) is 2. The molecule has 0 radical (unpaired) electrons. The highest BCUT2D eigenvalue weighted by molar-refractivity contribution is 5.07. The molecule has 2 N–H and O–H groups in total. The third kappa shape index (κ3) is 3.27. The van der Waals surface area contributed by atoms with Crippen LogP contribution in [0.15, 0.2) is 12.4 Å². The Labute approximate surface area is 109 Å². The molecule has 1 atom stereocenters. The molecule has 0 spiro atoms. The average molecular weight is 249 g/mol. The van der Waals surface area contributed by atoms with Crippen LogP contribution in [0.25, 0.3) is 0 Å². The molecular formula is C14H23N3O. The largest absolute Gasteiger partial charge is 0.373 e. The molecule has 0 amide bonds. The van der Waals surface area contributed by atoms with Crippen molar-refractivity contribution >= 4 is 0 Å². The van der Waals surface area contributed by atoms with Gasteiger partial charge in [0.05, 0.1) is 0 Å². The van der Waals surface area contributed by atoms with Crippen LogP contribution in [0.3, 0.4) is 0 Å². The van der Waals surface area contributed by atoms with E-state index in [1.807, 2.05) is 12.4 Å². The van der Waals surface area contributed by atoms with E-state index in [4.69, 9.17) is 10.5 Å². The highest BCUT2D eigenvalue weighted by atomic mass is 16.5. The van der Waals surface area contributed by atoms with Crippen molar-refractivity contribution in [1.82, 2.24) is 9.97 Å². The summed E-state index contributed by atoms with van der Waals surface area (Å²) < 4.78 is 5.63. The number of ether oxygens (including phenoxy) is 1. The molecular weight excluding hydrogens is 226 g/mol. The van der Waals surface area contributed by atoms with E-state index >= 15 is 0 Å². The van der Waals surface area contributed by atoms with Gasteiger partial charge in [-0.25, -0.2) is 9.97 Å². The van der Waals surface area contributed by atoms with E-state index in [2.05, 4.69) is 9.97 Å². The molecule has 1 aromatic heterocycles. The van der Waals surface area contributed by atoms with Crippen molar-refractivity contribution in [3.05, 3.63) is 23.8 Å².